The molecule has 0 radical (unpaired) electrons. The van der Waals surface area contributed by atoms with Gasteiger partial charge in [-0.25, -0.2) is 4.79 Å². The molecule has 112 valence electrons. The molecule has 0 aliphatic rings. The van der Waals surface area contributed by atoms with Gasteiger partial charge in [0.1, 0.15) is 11.3 Å². The highest BCUT2D eigenvalue weighted by Crippen LogP contribution is 2.45. The predicted octanol–water partition coefficient (Wildman–Crippen LogP) is 2.17. The summed E-state index contributed by atoms with van der Waals surface area (Å²) in [7, 11) is 4.40. The largest absolute Gasteiger partial charge is 0.494 e. The minimum atomic E-state index is -0.578. The number of hydrogen-bond donors (Lipinski definition) is 1. The second-order valence-electron chi connectivity index (χ2n) is 4.47. The molecule has 0 spiro atoms. The number of benzene rings is 1. The summed E-state index contributed by atoms with van der Waals surface area (Å²) < 4.78 is 21.0. The fraction of sp³-hybridized carbons (Fsp3) is 0.500. The van der Waals surface area contributed by atoms with Crippen molar-refractivity contribution < 1.29 is 23.7 Å². The molecule has 0 aliphatic heterocycles. The fourth-order valence-corrected chi connectivity index (χ4v) is 2.00. The van der Waals surface area contributed by atoms with E-state index in [0.717, 1.165) is 0 Å². The molecule has 0 heterocycles. The monoisotopic (exact) mass is 283 g/mol. The van der Waals surface area contributed by atoms with Gasteiger partial charge in [-0.2, -0.15) is 0 Å². The molecule has 0 amide bonds. The Morgan fingerprint density at radius 2 is 1.50 bits per heavy atom. The van der Waals surface area contributed by atoms with Crippen LogP contribution in [0.15, 0.2) is 0 Å². The first-order chi connectivity index (χ1) is 9.38. The van der Waals surface area contributed by atoms with Gasteiger partial charge in [0, 0.05) is 5.56 Å². The zero-order chi connectivity index (χ0) is 15.4. The Kier molecular flexibility index (Phi) is 5.07. The average molecular weight is 283 g/mol. The van der Waals surface area contributed by atoms with Crippen LogP contribution < -0.4 is 19.9 Å². The van der Waals surface area contributed by atoms with E-state index in [0.29, 0.717) is 17.1 Å². The maximum Gasteiger partial charge on any atom is 0.344 e. The van der Waals surface area contributed by atoms with E-state index in [9.17, 15) is 4.79 Å². The number of nitrogen functional groups attached to an aromatic ring is 1. The van der Waals surface area contributed by atoms with E-state index in [-0.39, 0.29) is 23.1 Å². The van der Waals surface area contributed by atoms with Crippen LogP contribution in [-0.2, 0) is 4.74 Å². The number of carbonyl (C=O) groups excluding carboxylic acids is 1. The zero-order valence-corrected chi connectivity index (χ0v) is 12.7. The molecule has 1 aromatic rings. The maximum absolute atomic E-state index is 12.2. The van der Waals surface area contributed by atoms with Gasteiger partial charge in [-0.15, -0.1) is 0 Å². The highest BCUT2D eigenvalue weighted by Gasteiger charge is 2.28. The normalized spacial score (nSPS) is 10.3. The van der Waals surface area contributed by atoms with Crippen LogP contribution in [0.2, 0.25) is 0 Å². The number of rotatable bonds is 5. The summed E-state index contributed by atoms with van der Waals surface area (Å²) in [6.45, 7) is 5.28. The summed E-state index contributed by atoms with van der Waals surface area (Å²) in [6, 6.07) is 0. The number of hydrogen-bond acceptors (Lipinski definition) is 6. The van der Waals surface area contributed by atoms with Crippen LogP contribution in [0, 0.1) is 6.92 Å². The standard InChI is InChI=1S/C14H21NO5/c1-7(2)20-14(16)9-10(15)11(17-4)8(3)12(18-5)13(9)19-6/h7H,15H2,1-6H3. The molecule has 0 saturated heterocycles. The van der Waals surface area contributed by atoms with Gasteiger partial charge in [0.15, 0.2) is 11.5 Å². The van der Waals surface area contributed by atoms with Crippen molar-refractivity contribution in [3.05, 3.63) is 11.1 Å². The van der Waals surface area contributed by atoms with Gasteiger partial charge < -0.3 is 24.7 Å². The minimum absolute atomic E-state index is 0.112. The molecule has 0 saturated carbocycles. The van der Waals surface area contributed by atoms with Crippen molar-refractivity contribution in [2.75, 3.05) is 27.1 Å². The average Bonchev–Trinajstić information content (AvgIpc) is 2.37. The number of methoxy groups -OCH3 is 3. The highest BCUT2D eigenvalue weighted by molar-refractivity contribution is 6.01. The van der Waals surface area contributed by atoms with Crippen LogP contribution in [0.5, 0.6) is 17.2 Å². The first-order valence-corrected chi connectivity index (χ1v) is 6.17. The van der Waals surface area contributed by atoms with Crippen molar-refractivity contribution in [1.82, 2.24) is 0 Å². The number of nitrogens with two attached hydrogens (primary N) is 1. The van der Waals surface area contributed by atoms with E-state index in [1.807, 2.05) is 0 Å². The summed E-state index contributed by atoms with van der Waals surface area (Å²) in [4.78, 5) is 12.2. The van der Waals surface area contributed by atoms with Crippen LogP contribution in [0.1, 0.15) is 29.8 Å². The Bertz CT molecular complexity index is 511. The van der Waals surface area contributed by atoms with Crippen molar-refractivity contribution in [1.29, 1.82) is 0 Å². The van der Waals surface area contributed by atoms with Gasteiger partial charge in [-0.3, -0.25) is 0 Å². The van der Waals surface area contributed by atoms with Crippen molar-refractivity contribution in [3.8, 4) is 17.2 Å². The number of esters is 1. The van der Waals surface area contributed by atoms with Gasteiger partial charge in [0.05, 0.1) is 33.1 Å². The Hall–Kier alpha value is -2.11. The van der Waals surface area contributed by atoms with Gasteiger partial charge in [-0.1, -0.05) is 0 Å². The first kappa shape index (κ1) is 15.9. The lowest BCUT2D eigenvalue weighted by molar-refractivity contribution is 0.0374. The molecular formula is C14H21NO5. The molecule has 0 fully saturated rings. The molecule has 0 aliphatic carbocycles. The van der Waals surface area contributed by atoms with Gasteiger partial charge >= 0.3 is 5.97 Å². The molecule has 1 aromatic carbocycles. The third-order valence-electron chi connectivity index (χ3n) is 2.79. The third-order valence-corrected chi connectivity index (χ3v) is 2.79. The van der Waals surface area contributed by atoms with E-state index in [2.05, 4.69) is 0 Å². The summed E-state index contributed by atoms with van der Waals surface area (Å²) >= 11 is 0. The lowest BCUT2D eigenvalue weighted by Gasteiger charge is -2.20. The van der Waals surface area contributed by atoms with Crippen LogP contribution in [0.3, 0.4) is 0 Å². The lowest BCUT2D eigenvalue weighted by atomic mass is 10.0. The maximum atomic E-state index is 12.2. The molecule has 0 aromatic heterocycles. The summed E-state index contributed by atoms with van der Waals surface area (Å²) in [5.74, 6) is 0.438. The molecule has 6 heteroatoms. The molecule has 6 nitrogen and oxygen atoms in total. The molecule has 20 heavy (non-hydrogen) atoms. The Morgan fingerprint density at radius 1 is 1.00 bits per heavy atom. The van der Waals surface area contributed by atoms with Crippen molar-refractivity contribution in [2.45, 2.75) is 26.9 Å². The lowest BCUT2D eigenvalue weighted by Crippen LogP contribution is -2.16. The molecule has 2 N–H and O–H groups in total. The van der Waals surface area contributed by atoms with Gasteiger partial charge in [0.2, 0.25) is 0 Å². The molecule has 0 bridgehead atoms. The van der Waals surface area contributed by atoms with E-state index < -0.39 is 5.97 Å². The number of carbonyl (C=O) groups is 1. The molecule has 0 atom stereocenters. The van der Waals surface area contributed by atoms with E-state index >= 15 is 0 Å². The second kappa shape index (κ2) is 6.36. The SMILES string of the molecule is COc1c(C)c(OC)c(OC)c(C(=O)OC(C)C)c1N. The predicted molar refractivity (Wildman–Crippen MR) is 75.8 cm³/mol. The third kappa shape index (κ3) is 2.74. The summed E-state index contributed by atoms with van der Waals surface area (Å²) in [5.41, 5.74) is 6.95. The molecule has 0 unspecified atom stereocenters. The van der Waals surface area contributed by atoms with E-state index in [1.165, 1.54) is 21.3 Å². The topological polar surface area (TPSA) is 80.0 Å². The summed E-state index contributed by atoms with van der Waals surface area (Å²) in [6.07, 6.45) is -0.273. The quantitative estimate of drug-likeness (QED) is 0.659. The second-order valence-corrected chi connectivity index (χ2v) is 4.47. The first-order valence-electron chi connectivity index (χ1n) is 6.17. The minimum Gasteiger partial charge on any atom is -0.494 e. The smallest absolute Gasteiger partial charge is 0.344 e. The van der Waals surface area contributed by atoms with E-state index in [4.69, 9.17) is 24.7 Å². The Morgan fingerprint density at radius 3 is 1.90 bits per heavy atom. The number of anilines is 1. The number of ether oxygens (including phenoxy) is 4. The molecular weight excluding hydrogens is 262 g/mol. The van der Waals surface area contributed by atoms with Crippen molar-refractivity contribution in [3.63, 3.8) is 0 Å². The van der Waals surface area contributed by atoms with Crippen molar-refractivity contribution in [2.24, 2.45) is 0 Å². The highest BCUT2D eigenvalue weighted by atomic mass is 16.5. The van der Waals surface area contributed by atoms with E-state index in [1.54, 1.807) is 20.8 Å². The fourth-order valence-electron chi connectivity index (χ4n) is 2.00. The molecule has 1 rings (SSSR count). The van der Waals surface area contributed by atoms with Crippen molar-refractivity contribution >= 4 is 11.7 Å². The zero-order valence-electron chi connectivity index (χ0n) is 12.7. The van der Waals surface area contributed by atoms with Crippen LogP contribution in [0.4, 0.5) is 5.69 Å². The van der Waals surface area contributed by atoms with Crippen LogP contribution >= 0.6 is 0 Å². The van der Waals surface area contributed by atoms with Gasteiger partial charge in [-0.05, 0) is 20.8 Å². The Balaban J connectivity index is 3.59. The van der Waals surface area contributed by atoms with Crippen LogP contribution in [-0.4, -0.2) is 33.4 Å². The summed E-state index contributed by atoms with van der Waals surface area (Å²) in [5, 5.41) is 0. The van der Waals surface area contributed by atoms with Gasteiger partial charge in [0.25, 0.3) is 0 Å². The Labute approximate surface area is 118 Å². The van der Waals surface area contributed by atoms with Crippen LogP contribution in [0.25, 0.3) is 0 Å².